The van der Waals surface area contributed by atoms with Gasteiger partial charge in [0.15, 0.2) is 0 Å². The van der Waals surface area contributed by atoms with E-state index in [9.17, 15) is 4.79 Å². The fraction of sp³-hybridized carbons (Fsp3) is 0.667. The van der Waals surface area contributed by atoms with Crippen molar-refractivity contribution in [2.45, 2.75) is 19.4 Å². The highest BCUT2D eigenvalue weighted by atomic mass is 16.6. The number of carbonyl (C=O) groups excluding carboxylic acids is 1. The number of ether oxygens (including phenoxy) is 2. The molecule has 1 aliphatic rings. The Labute approximate surface area is 77.1 Å². The number of hydrogen-bond acceptors (Lipinski definition) is 4. The lowest BCUT2D eigenvalue weighted by molar-refractivity contribution is -0.139. The molecule has 1 atom stereocenters. The summed E-state index contributed by atoms with van der Waals surface area (Å²) in [6.07, 6.45) is 2.86. The van der Waals surface area contributed by atoms with Crippen molar-refractivity contribution in [1.29, 1.82) is 0 Å². The van der Waals surface area contributed by atoms with E-state index in [0.717, 1.165) is 13.0 Å². The number of esters is 1. The Morgan fingerprint density at radius 1 is 1.77 bits per heavy atom. The number of aliphatic hydroxyl groups excluding tert-OH is 1. The van der Waals surface area contributed by atoms with Crippen LogP contribution in [0.4, 0.5) is 0 Å². The highest BCUT2D eigenvalue weighted by molar-refractivity contribution is 5.87. The second-order valence-electron chi connectivity index (χ2n) is 2.94. The maximum Gasteiger partial charge on any atom is 0.333 e. The topological polar surface area (TPSA) is 59.1 Å². The quantitative estimate of drug-likeness (QED) is 0.380. The van der Waals surface area contributed by atoms with E-state index < -0.39 is 0 Å². The van der Waals surface area contributed by atoms with Crippen molar-refractivity contribution in [2.75, 3.05) is 19.8 Å². The van der Waals surface area contributed by atoms with Gasteiger partial charge in [0, 0.05) is 5.57 Å². The van der Waals surface area contributed by atoms with Gasteiger partial charge in [0.1, 0.15) is 6.61 Å². The molecular formula is C9H14O4. The van der Waals surface area contributed by atoms with E-state index in [1.165, 1.54) is 0 Å². The third-order valence-electron chi connectivity index (χ3n) is 1.74. The second-order valence-corrected chi connectivity index (χ2v) is 2.94. The summed E-state index contributed by atoms with van der Waals surface area (Å²) in [5.74, 6) is -0.366. The van der Waals surface area contributed by atoms with Crippen molar-refractivity contribution in [3.63, 3.8) is 0 Å². The van der Waals surface area contributed by atoms with Gasteiger partial charge in [0.25, 0.3) is 0 Å². The molecule has 0 spiro atoms. The van der Waals surface area contributed by atoms with Crippen LogP contribution in [0, 0.1) is 0 Å². The van der Waals surface area contributed by atoms with Crippen molar-refractivity contribution in [3.05, 3.63) is 11.6 Å². The number of rotatable bonds is 5. The maximum absolute atomic E-state index is 11.1. The molecule has 0 radical (unpaired) electrons. The first-order valence-electron chi connectivity index (χ1n) is 4.30. The fourth-order valence-electron chi connectivity index (χ4n) is 0.848. The van der Waals surface area contributed by atoms with Crippen molar-refractivity contribution >= 4 is 5.97 Å². The Morgan fingerprint density at radius 3 is 3.00 bits per heavy atom. The van der Waals surface area contributed by atoms with Crippen LogP contribution in [0.25, 0.3) is 0 Å². The van der Waals surface area contributed by atoms with Crippen molar-refractivity contribution in [3.8, 4) is 0 Å². The van der Waals surface area contributed by atoms with Crippen LogP contribution in [0.3, 0.4) is 0 Å². The molecule has 4 heteroatoms. The van der Waals surface area contributed by atoms with Crippen LogP contribution in [0.5, 0.6) is 0 Å². The van der Waals surface area contributed by atoms with Gasteiger partial charge in [-0.25, -0.2) is 4.79 Å². The van der Waals surface area contributed by atoms with Gasteiger partial charge in [-0.3, -0.25) is 0 Å². The first kappa shape index (κ1) is 10.2. The summed E-state index contributed by atoms with van der Waals surface area (Å²) in [5.41, 5.74) is 0.573. The number of aliphatic hydroxyl groups is 1. The minimum atomic E-state index is -0.366. The Balaban J connectivity index is 2.22. The number of carbonyl (C=O) groups is 1. The monoisotopic (exact) mass is 186 g/mol. The molecule has 74 valence electrons. The van der Waals surface area contributed by atoms with E-state index >= 15 is 0 Å². The van der Waals surface area contributed by atoms with Gasteiger partial charge in [-0.05, 0) is 13.3 Å². The zero-order valence-corrected chi connectivity index (χ0v) is 7.66. The van der Waals surface area contributed by atoms with Crippen LogP contribution in [0.2, 0.25) is 0 Å². The zero-order chi connectivity index (χ0) is 9.68. The molecule has 1 N–H and O–H groups in total. The molecule has 0 aromatic carbocycles. The standard InChI is InChI=1S/C9H14O4/c1-7(2-3-8-6-13-8)9(11)12-5-4-10/h2,8,10H,3-6H2,1H3. The largest absolute Gasteiger partial charge is 0.460 e. The normalized spacial score (nSPS) is 21.4. The Morgan fingerprint density at radius 2 is 2.46 bits per heavy atom. The lowest BCUT2D eigenvalue weighted by Crippen LogP contribution is -2.09. The van der Waals surface area contributed by atoms with Crippen LogP contribution in [-0.4, -0.2) is 37.0 Å². The highest BCUT2D eigenvalue weighted by Crippen LogP contribution is 2.15. The molecule has 13 heavy (non-hydrogen) atoms. The Kier molecular flexibility index (Phi) is 3.92. The molecule has 1 aliphatic heterocycles. The van der Waals surface area contributed by atoms with E-state index in [1.807, 2.05) is 0 Å². The first-order valence-corrected chi connectivity index (χ1v) is 4.30. The number of hydrogen-bond donors (Lipinski definition) is 1. The second kappa shape index (κ2) is 4.99. The van der Waals surface area contributed by atoms with Crippen LogP contribution in [0.15, 0.2) is 11.6 Å². The lowest BCUT2D eigenvalue weighted by atomic mass is 10.2. The predicted molar refractivity (Wildman–Crippen MR) is 46.2 cm³/mol. The van der Waals surface area contributed by atoms with Crippen molar-refractivity contribution < 1.29 is 19.4 Å². The molecule has 1 saturated heterocycles. The van der Waals surface area contributed by atoms with Gasteiger partial charge in [-0.1, -0.05) is 6.08 Å². The van der Waals surface area contributed by atoms with Gasteiger partial charge in [-0.15, -0.1) is 0 Å². The molecule has 0 aromatic rings. The molecule has 0 amide bonds. The van der Waals surface area contributed by atoms with E-state index in [4.69, 9.17) is 14.6 Å². The molecule has 1 heterocycles. The summed E-state index contributed by atoms with van der Waals surface area (Å²) < 4.78 is 9.69. The van der Waals surface area contributed by atoms with Crippen molar-refractivity contribution in [1.82, 2.24) is 0 Å². The van der Waals surface area contributed by atoms with E-state index in [1.54, 1.807) is 13.0 Å². The minimum Gasteiger partial charge on any atom is -0.460 e. The maximum atomic E-state index is 11.1. The molecule has 0 aromatic heterocycles. The van der Waals surface area contributed by atoms with Crippen LogP contribution >= 0.6 is 0 Å². The third-order valence-corrected chi connectivity index (χ3v) is 1.74. The van der Waals surface area contributed by atoms with Crippen molar-refractivity contribution in [2.24, 2.45) is 0 Å². The summed E-state index contributed by atoms with van der Waals surface area (Å²) in [5, 5.41) is 8.41. The molecule has 0 aliphatic carbocycles. The lowest BCUT2D eigenvalue weighted by Gasteiger charge is -2.01. The third kappa shape index (κ3) is 4.05. The van der Waals surface area contributed by atoms with Gasteiger partial charge in [-0.2, -0.15) is 0 Å². The first-order chi connectivity index (χ1) is 6.24. The van der Waals surface area contributed by atoms with Gasteiger partial charge >= 0.3 is 5.97 Å². The summed E-state index contributed by atoms with van der Waals surface area (Å²) in [6, 6.07) is 0. The molecule has 1 rings (SSSR count). The molecule has 1 unspecified atom stereocenters. The van der Waals surface area contributed by atoms with E-state index in [2.05, 4.69) is 0 Å². The summed E-state index contributed by atoms with van der Waals surface area (Å²) >= 11 is 0. The van der Waals surface area contributed by atoms with Gasteiger partial charge in [0.05, 0.1) is 19.3 Å². The van der Waals surface area contributed by atoms with Crippen LogP contribution < -0.4 is 0 Å². The van der Waals surface area contributed by atoms with Crippen LogP contribution in [0.1, 0.15) is 13.3 Å². The Hall–Kier alpha value is -0.870. The van der Waals surface area contributed by atoms with Gasteiger partial charge < -0.3 is 14.6 Å². The Bertz CT molecular complexity index is 206. The smallest absolute Gasteiger partial charge is 0.333 e. The number of epoxide rings is 1. The predicted octanol–water partition coefficient (Wildman–Crippen LogP) is 0.257. The zero-order valence-electron chi connectivity index (χ0n) is 7.66. The summed E-state index contributed by atoms with van der Waals surface area (Å²) in [4.78, 5) is 11.1. The van der Waals surface area contributed by atoms with E-state index in [-0.39, 0.29) is 19.2 Å². The van der Waals surface area contributed by atoms with Crippen LogP contribution in [-0.2, 0) is 14.3 Å². The SMILES string of the molecule is CC(=CCC1CO1)C(=O)OCCO. The highest BCUT2D eigenvalue weighted by Gasteiger charge is 2.20. The van der Waals surface area contributed by atoms with Gasteiger partial charge in [0.2, 0.25) is 0 Å². The molecule has 0 bridgehead atoms. The summed E-state index contributed by atoms with van der Waals surface area (Å²) in [6.45, 7) is 2.41. The molecule has 1 fully saturated rings. The molecular weight excluding hydrogens is 172 g/mol. The fourth-order valence-corrected chi connectivity index (χ4v) is 0.848. The molecule has 4 nitrogen and oxygen atoms in total. The average molecular weight is 186 g/mol. The summed E-state index contributed by atoms with van der Waals surface area (Å²) in [7, 11) is 0. The average Bonchev–Trinajstić information content (AvgIpc) is 2.93. The van der Waals surface area contributed by atoms with E-state index in [0.29, 0.717) is 11.7 Å². The minimum absolute atomic E-state index is 0.0595. The molecule has 0 saturated carbocycles.